The van der Waals surface area contributed by atoms with Gasteiger partial charge in [0.25, 0.3) is 5.91 Å². The van der Waals surface area contributed by atoms with Crippen LogP contribution in [0.3, 0.4) is 0 Å². The van der Waals surface area contributed by atoms with Crippen molar-refractivity contribution in [3.63, 3.8) is 0 Å². The van der Waals surface area contributed by atoms with E-state index in [4.69, 9.17) is 5.73 Å². The quantitative estimate of drug-likeness (QED) is 0.489. The third-order valence-electron chi connectivity index (χ3n) is 5.30. The summed E-state index contributed by atoms with van der Waals surface area (Å²) in [6, 6.07) is 20.1. The molecule has 4 rings (SSSR count). The number of carbonyl (C=O) groups is 1. The lowest BCUT2D eigenvalue weighted by molar-refractivity contribution is 0.0782. The van der Waals surface area contributed by atoms with Crippen LogP contribution in [0.15, 0.2) is 66.9 Å². The smallest absolute Gasteiger partial charge is 0.288 e. The number of carbonyl (C=O) groups excluding carboxylic acids is 1. The molecule has 3 N–H and O–H groups in total. The van der Waals surface area contributed by atoms with Gasteiger partial charge >= 0.3 is 0 Å². The van der Waals surface area contributed by atoms with Crippen LogP contribution >= 0.6 is 0 Å². The minimum absolute atomic E-state index is 0.0101. The van der Waals surface area contributed by atoms with Crippen molar-refractivity contribution in [2.24, 2.45) is 5.73 Å². The lowest BCUT2D eigenvalue weighted by Gasteiger charge is -2.17. The molecule has 0 radical (unpaired) electrons. The molecule has 7 nitrogen and oxygen atoms in total. The van der Waals surface area contributed by atoms with Crippen LogP contribution in [-0.2, 0) is 12.0 Å². The average molecular weight is 428 g/mol. The van der Waals surface area contributed by atoms with E-state index in [0.29, 0.717) is 5.82 Å². The highest BCUT2D eigenvalue weighted by molar-refractivity contribution is 5.88. The summed E-state index contributed by atoms with van der Waals surface area (Å²) in [5.74, 6) is -0.0301. The van der Waals surface area contributed by atoms with E-state index in [2.05, 4.69) is 39.3 Å². The monoisotopic (exact) mass is 427 g/mol. The standard InChI is InChI=1S/C25H25N5O2/c1-16-28-24(23(26)31)29-30(16)21-11-6-18(7-12-21)14-17-4-8-19(9-5-17)22-13-10-20(15-27-22)25(2,3)32/h4-13,15,32H,14H2,1-3H3,(H2,26,31). The summed E-state index contributed by atoms with van der Waals surface area (Å²) in [7, 11) is 0. The number of hydrogen-bond donors (Lipinski definition) is 2. The van der Waals surface area contributed by atoms with E-state index >= 15 is 0 Å². The van der Waals surface area contributed by atoms with Crippen LogP contribution in [0.25, 0.3) is 16.9 Å². The van der Waals surface area contributed by atoms with Gasteiger partial charge in [-0.1, -0.05) is 42.5 Å². The zero-order chi connectivity index (χ0) is 22.9. The highest BCUT2D eigenvalue weighted by atomic mass is 16.3. The molecule has 0 spiro atoms. The zero-order valence-electron chi connectivity index (χ0n) is 18.3. The van der Waals surface area contributed by atoms with Crippen molar-refractivity contribution < 1.29 is 9.90 Å². The maximum absolute atomic E-state index is 11.3. The van der Waals surface area contributed by atoms with Crippen LogP contribution < -0.4 is 5.73 Å². The lowest BCUT2D eigenvalue weighted by atomic mass is 9.99. The average Bonchev–Trinajstić information content (AvgIpc) is 3.16. The molecular weight excluding hydrogens is 402 g/mol. The second-order valence-corrected chi connectivity index (χ2v) is 8.29. The number of hydrogen-bond acceptors (Lipinski definition) is 5. The Morgan fingerprint density at radius 2 is 1.62 bits per heavy atom. The fraction of sp³-hybridized carbons (Fsp3) is 0.200. The molecule has 0 aliphatic rings. The fourth-order valence-electron chi connectivity index (χ4n) is 3.45. The van der Waals surface area contributed by atoms with Gasteiger partial charge in [0.1, 0.15) is 5.82 Å². The van der Waals surface area contributed by atoms with E-state index in [0.717, 1.165) is 34.5 Å². The molecule has 1 amide bonds. The number of nitrogens with zero attached hydrogens (tertiary/aromatic N) is 4. The Labute approximate surface area is 186 Å². The molecule has 0 aliphatic carbocycles. The van der Waals surface area contributed by atoms with Gasteiger partial charge in [-0.15, -0.1) is 5.10 Å². The number of aliphatic hydroxyl groups is 1. The van der Waals surface area contributed by atoms with Crippen LogP contribution in [0.1, 0.15) is 47.0 Å². The number of aryl methyl sites for hydroxylation is 1. The molecule has 7 heteroatoms. The van der Waals surface area contributed by atoms with Crippen LogP contribution in [0.2, 0.25) is 0 Å². The van der Waals surface area contributed by atoms with Gasteiger partial charge in [0.2, 0.25) is 5.82 Å². The summed E-state index contributed by atoms with van der Waals surface area (Å²) in [6.07, 6.45) is 2.50. The van der Waals surface area contributed by atoms with Gasteiger partial charge < -0.3 is 10.8 Å². The SMILES string of the molecule is Cc1nc(C(N)=O)nn1-c1ccc(Cc2ccc(-c3ccc(C(C)(C)O)cn3)cc2)cc1. The topological polar surface area (TPSA) is 107 Å². The summed E-state index contributed by atoms with van der Waals surface area (Å²) >= 11 is 0. The Bertz CT molecular complexity index is 1240. The second kappa shape index (κ2) is 8.36. The summed E-state index contributed by atoms with van der Waals surface area (Å²) in [6.45, 7) is 5.27. The third-order valence-corrected chi connectivity index (χ3v) is 5.30. The molecule has 0 aliphatic heterocycles. The number of aromatic nitrogens is 4. The summed E-state index contributed by atoms with van der Waals surface area (Å²) in [4.78, 5) is 19.9. The minimum atomic E-state index is -0.901. The van der Waals surface area contributed by atoms with Gasteiger partial charge in [-0.25, -0.2) is 9.67 Å². The maximum atomic E-state index is 11.3. The predicted molar refractivity (Wildman–Crippen MR) is 122 cm³/mol. The molecule has 0 saturated carbocycles. The third kappa shape index (κ3) is 4.58. The van der Waals surface area contributed by atoms with Gasteiger partial charge in [-0.2, -0.15) is 0 Å². The Hall–Kier alpha value is -3.84. The van der Waals surface area contributed by atoms with E-state index in [1.807, 2.05) is 36.4 Å². The summed E-state index contributed by atoms with van der Waals surface area (Å²) in [5, 5.41) is 14.2. The van der Waals surface area contributed by atoms with Crippen LogP contribution in [0.4, 0.5) is 0 Å². The van der Waals surface area contributed by atoms with Crippen molar-refractivity contribution in [1.29, 1.82) is 0 Å². The van der Waals surface area contributed by atoms with Gasteiger partial charge in [-0.05, 0) is 56.5 Å². The summed E-state index contributed by atoms with van der Waals surface area (Å²) < 4.78 is 1.61. The van der Waals surface area contributed by atoms with E-state index < -0.39 is 11.5 Å². The van der Waals surface area contributed by atoms with Gasteiger partial charge in [0, 0.05) is 17.3 Å². The highest BCUT2D eigenvalue weighted by Crippen LogP contribution is 2.23. The molecular formula is C25H25N5O2. The largest absolute Gasteiger partial charge is 0.386 e. The van der Waals surface area contributed by atoms with Crippen LogP contribution in [0, 0.1) is 6.92 Å². The number of nitrogens with two attached hydrogens (primary N) is 1. The Kier molecular flexibility index (Phi) is 5.59. The maximum Gasteiger partial charge on any atom is 0.288 e. The molecule has 0 saturated heterocycles. The number of benzene rings is 2. The molecule has 0 fully saturated rings. The normalized spacial score (nSPS) is 11.5. The highest BCUT2D eigenvalue weighted by Gasteiger charge is 2.16. The van der Waals surface area contributed by atoms with Crippen molar-refractivity contribution in [1.82, 2.24) is 19.7 Å². The number of amides is 1. The minimum Gasteiger partial charge on any atom is -0.386 e. The Morgan fingerprint density at radius 1 is 1.00 bits per heavy atom. The fourth-order valence-corrected chi connectivity index (χ4v) is 3.45. The molecule has 2 aromatic heterocycles. The molecule has 32 heavy (non-hydrogen) atoms. The summed E-state index contributed by atoms with van der Waals surface area (Å²) in [5.41, 5.74) is 10.2. The molecule has 0 bridgehead atoms. The van der Waals surface area contributed by atoms with Gasteiger partial charge in [0.15, 0.2) is 0 Å². The Balaban J connectivity index is 1.46. The first-order valence-corrected chi connectivity index (χ1v) is 10.3. The molecule has 2 aromatic carbocycles. The second-order valence-electron chi connectivity index (χ2n) is 8.29. The van der Waals surface area contributed by atoms with E-state index in [1.165, 1.54) is 5.56 Å². The Morgan fingerprint density at radius 3 is 2.12 bits per heavy atom. The number of pyridine rings is 1. The number of rotatable bonds is 6. The van der Waals surface area contributed by atoms with Crippen molar-refractivity contribution in [2.75, 3.05) is 0 Å². The van der Waals surface area contributed by atoms with Gasteiger partial charge in [0.05, 0.1) is 17.0 Å². The first kappa shape index (κ1) is 21.4. The predicted octanol–water partition coefficient (Wildman–Crippen LogP) is 3.55. The first-order valence-electron chi connectivity index (χ1n) is 10.3. The van der Waals surface area contributed by atoms with Crippen LogP contribution in [0.5, 0.6) is 0 Å². The van der Waals surface area contributed by atoms with E-state index in [-0.39, 0.29) is 5.82 Å². The molecule has 4 aromatic rings. The number of primary amides is 1. The van der Waals surface area contributed by atoms with E-state index in [1.54, 1.807) is 31.6 Å². The molecule has 0 unspecified atom stereocenters. The van der Waals surface area contributed by atoms with Gasteiger partial charge in [-0.3, -0.25) is 9.78 Å². The van der Waals surface area contributed by atoms with Crippen molar-refractivity contribution in [2.45, 2.75) is 32.8 Å². The first-order chi connectivity index (χ1) is 15.2. The van der Waals surface area contributed by atoms with E-state index in [9.17, 15) is 9.90 Å². The van der Waals surface area contributed by atoms with Crippen molar-refractivity contribution >= 4 is 5.91 Å². The van der Waals surface area contributed by atoms with Crippen LogP contribution in [-0.4, -0.2) is 30.8 Å². The van der Waals surface area contributed by atoms with Crippen molar-refractivity contribution in [3.8, 4) is 16.9 Å². The molecule has 2 heterocycles. The molecule has 0 atom stereocenters. The lowest BCUT2D eigenvalue weighted by Crippen LogP contribution is -2.15. The van der Waals surface area contributed by atoms with Crippen molar-refractivity contribution in [3.05, 3.63) is 95.2 Å². The zero-order valence-corrected chi connectivity index (χ0v) is 18.3. The molecule has 162 valence electrons.